The molecule has 0 aromatic rings. The lowest BCUT2D eigenvalue weighted by Crippen LogP contribution is -1.93. The Morgan fingerprint density at radius 2 is 0.733 bits per heavy atom. The standard InChI is InChI=1S/C28H57NS/c1-3-5-7-9-11-13-15-17-19-21-23-25-27-30-28(29)26-24-22-20-18-16-14-12-10-8-6-4-2/h29H,3-27H2,1-2H3. The molecule has 0 aliphatic rings. The number of hydrogen-bond donors (Lipinski definition) is 1. The first-order valence-corrected chi connectivity index (χ1v) is 15.0. The highest BCUT2D eigenvalue weighted by atomic mass is 32.2. The minimum atomic E-state index is 0.939. The summed E-state index contributed by atoms with van der Waals surface area (Å²) in [5.41, 5.74) is 0. The van der Waals surface area contributed by atoms with Crippen molar-refractivity contribution in [3.05, 3.63) is 0 Å². The van der Waals surface area contributed by atoms with Gasteiger partial charge in [0.1, 0.15) is 0 Å². The largest absolute Gasteiger partial charge is 0.298 e. The Bertz CT molecular complexity index is 329. The van der Waals surface area contributed by atoms with E-state index in [1.54, 1.807) is 0 Å². The van der Waals surface area contributed by atoms with E-state index in [2.05, 4.69) is 13.8 Å². The molecule has 2 heteroatoms. The Morgan fingerprint density at radius 3 is 1.10 bits per heavy atom. The topological polar surface area (TPSA) is 23.9 Å². The van der Waals surface area contributed by atoms with Crippen molar-refractivity contribution in [3.63, 3.8) is 0 Å². The summed E-state index contributed by atoms with van der Waals surface area (Å²) in [5.74, 6) is 1.17. The third-order valence-electron chi connectivity index (χ3n) is 6.28. The maximum absolute atomic E-state index is 8.13. The molecule has 0 aliphatic carbocycles. The fraction of sp³-hybridized carbons (Fsp3) is 0.964. The van der Waals surface area contributed by atoms with Crippen LogP contribution in [0.15, 0.2) is 0 Å². The van der Waals surface area contributed by atoms with Gasteiger partial charge in [0, 0.05) is 0 Å². The molecular formula is C28H57NS. The second-order valence-corrected chi connectivity index (χ2v) is 10.6. The molecule has 0 saturated heterocycles. The zero-order chi connectivity index (χ0) is 22.0. The average Bonchev–Trinajstić information content (AvgIpc) is 2.75. The van der Waals surface area contributed by atoms with Crippen LogP contribution in [-0.2, 0) is 0 Å². The first-order valence-electron chi connectivity index (χ1n) is 14.0. The van der Waals surface area contributed by atoms with Gasteiger partial charge >= 0.3 is 0 Å². The van der Waals surface area contributed by atoms with Crippen molar-refractivity contribution in [2.75, 3.05) is 5.75 Å². The summed E-state index contributed by atoms with van der Waals surface area (Å²) in [5, 5.41) is 9.07. The molecule has 0 heterocycles. The molecular weight excluding hydrogens is 382 g/mol. The van der Waals surface area contributed by atoms with E-state index in [-0.39, 0.29) is 0 Å². The summed E-state index contributed by atoms with van der Waals surface area (Å²) in [6.45, 7) is 4.58. The molecule has 0 spiro atoms. The molecule has 0 fully saturated rings. The minimum Gasteiger partial charge on any atom is -0.298 e. The van der Waals surface area contributed by atoms with Crippen LogP contribution < -0.4 is 0 Å². The van der Waals surface area contributed by atoms with Crippen LogP contribution in [0.25, 0.3) is 0 Å². The summed E-state index contributed by atoms with van der Waals surface area (Å²) in [6.07, 6.45) is 33.4. The highest BCUT2D eigenvalue weighted by Crippen LogP contribution is 2.17. The SMILES string of the molecule is CCCCCCCCCCCCCCSC(=N)CCCCCCCCCCCCC. The van der Waals surface area contributed by atoms with Crippen LogP contribution in [0, 0.1) is 5.41 Å². The van der Waals surface area contributed by atoms with Gasteiger partial charge in [-0.2, -0.15) is 0 Å². The van der Waals surface area contributed by atoms with E-state index < -0.39 is 0 Å². The van der Waals surface area contributed by atoms with Crippen molar-refractivity contribution in [3.8, 4) is 0 Å². The van der Waals surface area contributed by atoms with E-state index in [9.17, 15) is 0 Å². The fourth-order valence-electron chi connectivity index (χ4n) is 4.16. The summed E-state index contributed by atoms with van der Waals surface area (Å²) in [7, 11) is 0. The zero-order valence-corrected chi connectivity index (χ0v) is 21.9. The Labute approximate surface area is 195 Å². The predicted molar refractivity (Wildman–Crippen MR) is 142 cm³/mol. The summed E-state index contributed by atoms with van der Waals surface area (Å²) in [6, 6.07) is 0. The van der Waals surface area contributed by atoms with E-state index >= 15 is 0 Å². The molecule has 0 saturated carbocycles. The quantitative estimate of drug-likeness (QED) is 0.0853. The lowest BCUT2D eigenvalue weighted by atomic mass is 10.1. The van der Waals surface area contributed by atoms with Crippen molar-refractivity contribution in [2.24, 2.45) is 0 Å². The summed E-state index contributed by atoms with van der Waals surface area (Å²) in [4.78, 5) is 0. The Hall–Kier alpha value is 0.0200. The molecule has 30 heavy (non-hydrogen) atoms. The molecule has 0 aromatic carbocycles. The Balaban J connectivity index is 3.13. The van der Waals surface area contributed by atoms with Gasteiger partial charge < -0.3 is 0 Å². The Kier molecular flexibility index (Phi) is 27.1. The van der Waals surface area contributed by atoms with Crippen LogP contribution >= 0.6 is 11.8 Å². The van der Waals surface area contributed by atoms with Crippen LogP contribution in [0.2, 0.25) is 0 Å². The number of rotatable bonds is 25. The van der Waals surface area contributed by atoms with Crippen molar-refractivity contribution in [2.45, 2.75) is 168 Å². The molecule has 1 N–H and O–H groups in total. The van der Waals surface area contributed by atoms with Crippen LogP contribution in [0.1, 0.15) is 168 Å². The lowest BCUT2D eigenvalue weighted by Gasteiger charge is -2.05. The molecule has 0 bridgehead atoms. The average molecular weight is 440 g/mol. The molecule has 180 valence electrons. The first kappa shape index (κ1) is 30.0. The van der Waals surface area contributed by atoms with E-state index in [1.165, 1.54) is 153 Å². The smallest absolute Gasteiger partial charge is 0.0641 e. The molecule has 0 unspecified atom stereocenters. The highest BCUT2D eigenvalue weighted by molar-refractivity contribution is 8.13. The van der Waals surface area contributed by atoms with Crippen LogP contribution in [0.5, 0.6) is 0 Å². The van der Waals surface area contributed by atoms with Crippen LogP contribution in [-0.4, -0.2) is 10.8 Å². The lowest BCUT2D eigenvalue weighted by molar-refractivity contribution is 0.548. The van der Waals surface area contributed by atoms with Crippen molar-refractivity contribution in [1.82, 2.24) is 0 Å². The van der Waals surface area contributed by atoms with Crippen molar-refractivity contribution < 1.29 is 0 Å². The highest BCUT2D eigenvalue weighted by Gasteiger charge is 2.00. The number of unbranched alkanes of at least 4 members (excludes halogenated alkanes) is 21. The number of nitrogens with one attached hydrogen (secondary N) is 1. The van der Waals surface area contributed by atoms with Gasteiger partial charge in [-0.25, -0.2) is 0 Å². The van der Waals surface area contributed by atoms with Crippen LogP contribution in [0.3, 0.4) is 0 Å². The maximum Gasteiger partial charge on any atom is 0.0641 e. The number of thioether (sulfide) groups is 1. The third-order valence-corrected chi connectivity index (χ3v) is 7.33. The normalized spacial score (nSPS) is 11.3. The predicted octanol–water partition coefficient (Wildman–Crippen LogP) is 11.1. The molecule has 0 radical (unpaired) electrons. The van der Waals surface area contributed by atoms with E-state index in [4.69, 9.17) is 5.41 Å². The van der Waals surface area contributed by atoms with Gasteiger partial charge in [0.25, 0.3) is 0 Å². The second-order valence-electron chi connectivity index (χ2n) is 9.45. The zero-order valence-electron chi connectivity index (χ0n) is 21.1. The summed E-state index contributed by atoms with van der Waals surface area (Å²) < 4.78 is 0. The second kappa shape index (κ2) is 27.1. The van der Waals surface area contributed by atoms with Gasteiger partial charge in [-0.05, 0) is 25.0 Å². The Morgan fingerprint density at radius 1 is 0.433 bits per heavy atom. The molecule has 0 amide bonds. The van der Waals surface area contributed by atoms with Gasteiger partial charge in [-0.1, -0.05) is 149 Å². The minimum absolute atomic E-state index is 0.939. The monoisotopic (exact) mass is 439 g/mol. The van der Waals surface area contributed by atoms with Crippen molar-refractivity contribution >= 4 is 16.8 Å². The molecule has 1 nitrogen and oxygen atoms in total. The number of hydrogen-bond acceptors (Lipinski definition) is 2. The van der Waals surface area contributed by atoms with Gasteiger partial charge in [0.2, 0.25) is 0 Å². The van der Waals surface area contributed by atoms with E-state index in [1.807, 2.05) is 11.8 Å². The first-order chi connectivity index (χ1) is 14.8. The van der Waals surface area contributed by atoms with E-state index in [0.717, 1.165) is 11.5 Å². The molecule has 0 atom stereocenters. The molecule has 0 aromatic heterocycles. The molecule has 0 rings (SSSR count). The maximum atomic E-state index is 8.13. The third kappa shape index (κ3) is 26.1. The van der Waals surface area contributed by atoms with Gasteiger partial charge in [0.15, 0.2) is 0 Å². The fourth-order valence-corrected chi connectivity index (χ4v) is 5.04. The summed E-state index contributed by atoms with van der Waals surface area (Å²) >= 11 is 1.82. The van der Waals surface area contributed by atoms with Crippen LogP contribution in [0.4, 0.5) is 0 Å². The van der Waals surface area contributed by atoms with E-state index in [0.29, 0.717) is 0 Å². The van der Waals surface area contributed by atoms with Gasteiger partial charge in [0.05, 0.1) is 5.04 Å². The van der Waals surface area contributed by atoms with Gasteiger partial charge in [-0.15, -0.1) is 11.8 Å². The van der Waals surface area contributed by atoms with Crippen molar-refractivity contribution in [1.29, 1.82) is 5.41 Å². The molecule has 0 aliphatic heterocycles. The van der Waals surface area contributed by atoms with Gasteiger partial charge in [-0.3, -0.25) is 5.41 Å².